The lowest BCUT2D eigenvalue weighted by Crippen LogP contribution is -2.33. The molecular weight excluding hydrogens is 336 g/mol. The number of para-hydroxylation sites is 1. The van der Waals surface area contributed by atoms with Crippen molar-refractivity contribution in [1.82, 2.24) is 15.5 Å². The van der Waals surface area contributed by atoms with E-state index in [0.29, 0.717) is 22.6 Å². The van der Waals surface area contributed by atoms with E-state index in [2.05, 4.69) is 20.8 Å². The van der Waals surface area contributed by atoms with Crippen molar-refractivity contribution in [2.45, 2.75) is 0 Å². The van der Waals surface area contributed by atoms with Gasteiger partial charge in [-0.15, -0.1) is 0 Å². The van der Waals surface area contributed by atoms with E-state index in [1.807, 2.05) is 18.2 Å². The highest BCUT2D eigenvalue weighted by molar-refractivity contribution is 6.06. The average Bonchev–Trinajstić information content (AvgIpc) is 3.10. The Balaban J connectivity index is 1.63. The minimum atomic E-state index is -0.431. The zero-order chi connectivity index (χ0) is 18.5. The predicted molar refractivity (Wildman–Crippen MR) is 96.6 cm³/mol. The number of aromatic nitrogens is 2. The Labute approximate surface area is 149 Å². The van der Waals surface area contributed by atoms with Crippen LogP contribution in [-0.2, 0) is 4.79 Å². The first-order chi connectivity index (χ1) is 12.6. The molecule has 0 bridgehead atoms. The number of ether oxygens (including phenoxy) is 2. The molecule has 0 spiro atoms. The molecule has 0 aliphatic rings. The first-order valence-electron chi connectivity index (χ1n) is 7.85. The number of hydrogen-bond acceptors (Lipinski definition) is 5. The maximum absolute atomic E-state index is 12.3. The number of amides is 2. The molecule has 0 aliphatic heterocycles. The summed E-state index contributed by atoms with van der Waals surface area (Å²) >= 11 is 0. The number of methoxy groups -OCH3 is 2. The molecule has 0 aliphatic carbocycles. The topological polar surface area (TPSA) is 105 Å². The third-order valence-corrected chi connectivity index (χ3v) is 3.78. The van der Waals surface area contributed by atoms with E-state index in [1.165, 1.54) is 7.11 Å². The number of carbonyl (C=O) groups excluding carboxylic acids is 2. The van der Waals surface area contributed by atoms with Crippen molar-refractivity contribution in [2.24, 2.45) is 0 Å². The van der Waals surface area contributed by atoms with Gasteiger partial charge in [0.15, 0.2) is 5.69 Å². The van der Waals surface area contributed by atoms with E-state index in [9.17, 15) is 9.59 Å². The van der Waals surface area contributed by atoms with Gasteiger partial charge in [0.05, 0.1) is 32.0 Å². The molecule has 0 saturated heterocycles. The van der Waals surface area contributed by atoms with E-state index in [4.69, 9.17) is 9.47 Å². The third-order valence-electron chi connectivity index (χ3n) is 3.78. The molecule has 8 nitrogen and oxygen atoms in total. The van der Waals surface area contributed by atoms with Crippen LogP contribution in [0.25, 0.3) is 10.9 Å². The minimum Gasteiger partial charge on any atom is -0.497 e. The van der Waals surface area contributed by atoms with Crippen LogP contribution in [0.1, 0.15) is 10.5 Å². The first-order valence-corrected chi connectivity index (χ1v) is 7.85. The quantitative estimate of drug-likeness (QED) is 0.627. The zero-order valence-electron chi connectivity index (χ0n) is 14.3. The molecule has 1 aromatic heterocycles. The molecule has 0 saturated carbocycles. The molecule has 3 rings (SSSR count). The van der Waals surface area contributed by atoms with Crippen molar-refractivity contribution in [2.75, 3.05) is 26.1 Å². The average molecular weight is 354 g/mol. The van der Waals surface area contributed by atoms with E-state index < -0.39 is 5.91 Å². The molecule has 26 heavy (non-hydrogen) atoms. The van der Waals surface area contributed by atoms with Gasteiger partial charge in [0, 0.05) is 11.5 Å². The van der Waals surface area contributed by atoms with Crippen LogP contribution >= 0.6 is 0 Å². The smallest absolute Gasteiger partial charge is 0.272 e. The number of hydrogen-bond donors (Lipinski definition) is 3. The highest BCUT2D eigenvalue weighted by Crippen LogP contribution is 2.28. The second-order valence-corrected chi connectivity index (χ2v) is 5.41. The minimum absolute atomic E-state index is 0.199. The summed E-state index contributed by atoms with van der Waals surface area (Å²) in [6, 6.07) is 12.3. The summed E-state index contributed by atoms with van der Waals surface area (Å²) in [5.74, 6) is 0.252. The summed E-state index contributed by atoms with van der Waals surface area (Å²) in [6.07, 6.45) is 0. The molecule has 2 aromatic carbocycles. The monoisotopic (exact) mass is 354 g/mol. The van der Waals surface area contributed by atoms with Gasteiger partial charge >= 0.3 is 0 Å². The number of fused-ring (bicyclic) bond motifs is 1. The second kappa shape index (κ2) is 7.56. The Hall–Kier alpha value is -3.55. The summed E-state index contributed by atoms with van der Waals surface area (Å²) in [5, 5.41) is 12.7. The number of aromatic amines is 1. The van der Waals surface area contributed by atoms with Crippen LogP contribution in [0, 0.1) is 0 Å². The van der Waals surface area contributed by atoms with Crippen LogP contribution in [0.15, 0.2) is 42.5 Å². The van der Waals surface area contributed by atoms with Gasteiger partial charge < -0.3 is 20.1 Å². The fourth-order valence-electron chi connectivity index (χ4n) is 2.48. The number of H-pyrrole nitrogens is 1. The van der Waals surface area contributed by atoms with Crippen LogP contribution < -0.4 is 20.1 Å². The van der Waals surface area contributed by atoms with Crippen LogP contribution in [0.5, 0.6) is 11.5 Å². The fraction of sp³-hybridized carbons (Fsp3) is 0.167. The number of nitrogens with one attached hydrogen (secondary N) is 3. The second-order valence-electron chi connectivity index (χ2n) is 5.41. The molecule has 8 heteroatoms. The van der Waals surface area contributed by atoms with E-state index in [-0.39, 0.29) is 18.1 Å². The maximum Gasteiger partial charge on any atom is 0.272 e. The molecule has 3 aromatic rings. The largest absolute Gasteiger partial charge is 0.497 e. The van der Waals surface area contributed by atoms with E-state index in [1.54, 1.807) is 31.4 Å². The van der Waals surface area contributed by atoms with Gasteiger partial charge in [0.25, 0.3) is 5.91 Å². The van der Waals surface area contributed by atoms with Crippen LogP contribution in [0.3, 0.4) is 0 Å². The molecule has 1 heterocycles. The Morgan fingerprint density at radius 1 is 1.12 bits per heavy atom. The van der Waals surface area contributed by atoms with Crippen molar-refractivity contribution in [3.63, 3.8) is 0 Å². The van der Waals surface area contributed by atoms with Crippen molar-refractivity contribution in [3.8, 4) is 11.5 Å². The standard InChI is InChI=1S/C18H18N4O4/c1-25-11-7-8-14(15(9-11)26-2)20-16(23)10-19-18(24)17-12-5-3-4-6-13(12)21-22-17/h3-9H,10H2,1-2H3,(H,19,24)(H,20,23)(H,21,22). The normalized spacial score (nSPS) is 10.4. The number of nitrogens with zero attached hydrogens (tertiary/aromatic N) is 1. The van der Waals surface area contributed by atoms with Gasteiger partial charge in [-0.05, 0) is 18.2 Å². The van der Waals surface area contributed by atoms with Gasteiger partial charge in [-0.3, -0.25) is 14.7 Å². The molecule has 134 valence electrons. The third kappa shape index (κ3) is 3.59. The number of benzene rings is 2. The highest BCUT2D eigenvalue weighted by atomic mass is 16.5. The summed E-state index contributed by atoms with van der Waals surface area (Å²) in [4.78, 5) is 24.4. The summed E-state index contributed by atoms with van der Waals surface area (Å²) in [6.45, 7) is -0.199. The maximum atomic E-state index is 12.3. The van der Waals surface area contributed by atoms with Gasteiger partial charge in [0.2, 0.25) is 5.91 Å². The predicted octanol–water partition coefficient (Wildman–Crippen LogP) is 1.95. The summed E-state index contributed by atoms with van der Waals surface area (Å²) in [5.41, 5.74) is 1.48. The Morgan fingerprint density at radius 3 is 2.69 bits per heavy atom. The number of carbonyl (C=O) groups is 2. The highest BCUT2D eigenvalue weighted by Gasteiger charge is 2.15. The summed E-state index contributed by atoms with van der Waals surface area (Å²) < 4.78 is 10.3. The zero-order valence-corrected chi connectivity index (χ0v) is 14.3. The molecule has 0 fully saturated rings. The van der Waals surface area contributed by atoms with Crippen LogP contribution in [0.2, 0.25) is 0 Å². The molecule has 2 amide bonds. The van der Waals surface area contributed by atoms with Gasteiger partial charge in [-0.1, -0.05) is 18.2 Å². The Bertz CT molecular complexity index is 951. The Kier molecular flexibility index (Phi) is 5.02. The van der Waals surface area contributed by atoms with Crippen LogP contribution in [0.4, 0.5) is 5.69 Å². The number of anilines is 1. The summed E-state index contributed by atoms with van der Waals surface area (Å²) in [7, 11) is 3.04. The van der Waals surface area contributed by atoms with Crippen molar-refractivity contribution < 1.29 is 19.1 Å². The van der Waals surface area contributed by atoms with Crippen molar-refractivity contribution in [1.29, 1.82) is 0 Å². The molecular formula is C18H18N4O4. The lowest BCUT2D eigenvalue weighted by Gasteiger charge is -2.11. The number of rotatable bonds is 6. The molecule has 0 atom stereocenters. The van der Waals surface area contributed by atoms with Crippen LogP contribution in [-0.4, -0.2) is 42.8 Å². The Morgan fingerprint density at radius 2 is 1.92 bits per heavy atom. The van der Waals surface area contributed by atoms with Gasteiger partial charge in [0.1, 0.15) is 11.5 Å². The van der Waals surface area contributed by atoms with E-state index >= 15 is 0 Å². The van der Waals surface area contributed by atoms with E-state index in [0.717, 1.165) is 5.52 Å². The lowest BCUT2D eigenvalue weighted by atomic mass is 10.2. The first kappa shape index (κ1) is 17.3. The van der Waals surface area contributed by atoms with Crippen molar-refractivity contribution in [3.05, 3.63) is 48.2 Å². The molecule has 3 N–H and O–H groups in total. The van der Waals surface area contributed by atoms with Gasteiger partial charge in [-0.2, -0.15) is 5.10 Å². The fourth-order valence-corrected chi connectivity index (χ4v) is 2.48. The molecule has 0 radical (unpaired) electrons. The van der Waals surface area contributed by atoms with Crippen molar-refractivity contribution >= 4 is 28.4 Å². The van der Waals surface area contributed by atoms with Gasteiger partial charge in [-0.25, -0.2) is 0 Å². The SMILES string of the molecule is COc1ccc(NC(=O)CNC(=O)c2n[nH]c3ccccc23)c(OC)c1. The lowest BCUT2D eigenvalue weighted by molar-refractivity contribution is -0.115. The molecule has 0 unspecified atom stereocenters.